The summed E-state index contributed by atoms with van der Waals surface area (Å²) >= 11 is 0. The Hall–Kier alpha value is -1.22. The summed E-state index contributed by atoms with van der Waals surface area (Å²) in [5.74, 6) is -2.12. The molecule has 0 radical (unpaired) electrons. The van der Waals surface area contributed by atoms with Gasteiger partial charge in [-0.3, -0.25) is 0 Å². The summed E-state index contributed by atoms with van der Waals surface area (Å²) in [5, 5.41) is 9.29. The van der Waals surface area contributed by atoms with Crippen molar-refractivity contribution in [1.29, 1.82) is 0 Å². The van der Waals surface area contributed by atoms with E-state index in [-0.39, 0.29) is 0 Å². The van der Waals surface area contributed by atoms with E-state index in [0.717, 1.165) is 6.92 Å². The van der Waals surface area contributed by atoms with Crippen molar-refractivity contribution in [3.63, 3.8) is 0 Å². The predicted octanol–water partition coefficient (Wildman–Crippen LogP) is 2.89. The third-order valence-electron chi connectivity index (χ3n) is 1.68. The fourth-order valence-corrected chi connectivity index (χ4v) is 0.970. The predicted molar refractivity (Wildman–Crippen MR) is 46.3 cm³/mol. The van der Waals surface area contributed by atoms with Crippen molar-refractivity contribution >= 4 is 0 Å². The largest absolute Gasteiger partial charge is 0.381 e. The number of benzene rings is 1. The van der Waals surface area contributed by atoms with E-state index in [9.17, 15) is 13.9 Å². The lowest BCUT2D eigenvalue weighted by Gasteiger charge is -2.07. The highest BCUT2D eigenvalue weighted by Gasteiger charge is 2.15. The average Bonchev–Trinajstić information content (AvgIpc) is 2.17. The van der Waals surface area contributed by atoms with Crippen molar-refractivity contribution in [2.75, 3.05) is 0 Å². The van der Waals surface area contributed by atoms with Crippen molar-refractivity contribution in [1.82, 2.24) is 0 Å². The van der Waals surface area contributed by atoms with E-state index in [2.05, 4.69) is 0 Å². The van der Waals surface area contributed by atoms with Crippen LogP contribution in [0.3, 0.4) is 0 Å². The number of rotatable bonds is 2. The summed E-state index contributed by atoms with van der Waals surface area (Å²) in [7, 11) is 0. The lowest BCUT2D eigenvalue weighted by Crippen LogP contribution is -1.98. The molecule has 1 rings (SSSR count). The molecule has 1 atom stereocenters. The van der Waals surface area contributed by atoms with Crippen LogP contribution in [-0.2, 0) is 0 Å². The molecule has 0 saturated heterocycles. The molecule has 13 heavy (non-hydrogen) atoms. The number of allylic oxidation sites excluding steroid dienone is 1. The molecule has 0 aromatic heterocycles. The molecule has 1 nitrogen and oxygen atoms in total. The van der Waals surface area contributed by atoms with Gasteiger partial charge in [-0.25, -0.2) is 8.78 Å². The maximum atomic E-state index is 12.9. The van der Waals surface area contributed by atoms with Crippen LogP contribution >= 0.6 is 0 Å². The van der Waals surface area contributed by atoms with Crippen LogP contribution < -0.4 is 0 Å². The number of hydrogen-bond donors (Lipinski definition) is 1. The number of halogens is 2. The lowest BCUT2D eigenvalue weighted by atomic mass is 10.1. The molecular formula is C10H10F2O. The van der Waals surface area contributed by atoms with Crippen LogP contribution in [0.5, 0.6) is 0 Å². The first-order chi connectivity index (χ1) is 6.13. The van der Waals surface area contributed by atoms with Gasteiger partial charge in [0.15, 0.2) is 5.83 Å². The van der Waals surface area contributed by atoms with Crippen LogP contribution in [0, 0.1) is 0 Å². The molecule has 0 aliphatic rings. The van der Waals surface area contributed by atoms with Crippen LogP contribution in [0.15, 0.2) is 42.0 Å². The third kappa shape index (κ3) is 2.36. The second-order valence-corrected chi connectivity index (χ2v) is 2.69. The van der Waals surface area contributed by atoms with E-state index in [4.69, 9.17) is 0 Å². The Morgan fingerprint density at radius 3 is 2.23 bits per heavy atom. The normalized spacial score (nSPS) is 15.1. The molecule has 0 aliphatic heterocycles. The Labute approximate surface area is 75.3 Å². The topological polar surface area (TPSA) is 20.2 Å². The van der Waals surface area contributed by atoms with Gasteiger partial charge < -0.3 is 5.11 Å². The van der Waals surface area contributed by atoms with Crippen molar-refractivity contribution < 1.29 is 13.9 Å². The zero-order valence-corrected chi connectivity index (χ0v) is 7.17. The van der Waals surface area contributed by atoms with Crippen molar-refractivity contribution in [3.05, 3.63) is 47.5 Å². The Morgan fingerprint density at radius 2 is 1.77 bits per heavy atom. The van der Waals surface area contributed by atoms with E-state index in [1.54, 1.807) is 18.2 Å². The van der Waals surface area contributed by atoms with Crippen molar-refractivity contribution in [3.8, 4) is 0 Å². The highest BCUT2D eigenvalue weighted by atomic mass is 19.2. The van der Waals surface area contributed by atoms with E-state index in [1.165, 1.54) is 12.1 Å². The summed E-state index contributed by atoms with van der Waals surface area (Å²) in [6.07, 6.45) is -1.49. The van der Waals surface area contributed by atoms with Gasteiger partial charge in [0, 0.05) is 0 Å². The minimum absolute atomic E-state index is 0.344. The zero-order chi connectivity index (χ0) is 9.84. The number of hydrogen-bond acceptors (Lipinski definition) is 1. The lowest BCUT2D eigenvalue weighted by molar-refractivity contribution is 0.180. The monoisotopic (exact) mass is 184 g/mol. The standard InChI is InChI=1S/C10H10F2O/c1-7(11)9(12)10(13)8-5-3-2-4-6-8/h2-6,10,13H,1H3/b9-7+. The fourth-order valence-electron chi connectivity index (χ4n) is 0.970. The van der Waals surface area contributed by atoms with Crippen LogP contribution in [0.4, 0.5) is 8.78 Å². The van der Waals surface area contributed by atoms with Crippen LogP contribution in [-0.4, -0.2) is 5.11 Å². The maximum absolute atomic E-state index is 12.9. The molecule has 1 unspecified atom stereocenters. The van der Waals surface area contributed by atoms with E-state index < -0.39 is 17.8 Å². The molecule has 70 valence electrons. The molecule has 1 aromatic rings. The Balaban J connectivity index is 2.93. The Bertz CT molecular complexity index is 302. The SMILES string of the molecule is C/C(F)=C(\F)C(O)c1ccccc1. The van der Waals surface area contributed by atoms with Crippen molar-refractivity contribution in [2.24, 2.45) is 0 Å². The summed E-state index contributed by atoms with van der Waals surface area (Å²) in [4.78, 5) is 0. The first kappa shape index (κ1) is 9.86. The summed E-state index contributed by atoms with van der Waals surface area (Å²) in [6, 6.07) is 8.11. The van der Waals surface area contributed by atoms with Gasteiger partial charge in [0.05, 0.1) is 0 Å². The van der Waals surface area contributed by atoms with Gasteiger partial charge in [0.1, 0.15) is 11.9 Å². The smallest absolute Gasteiger partial charge is 0.164 e. The summed E-state index contributed by atoms with van der Waals surface area (Å²) < 4.78 is 25.2. The fraction of sp³-hybridized carbons (Fsp3) is 0.200. The van der Waals surface area contributed by atoms with Crippen LogP contribution in [0.1, 0.15) is 18.6 Å². The molecule has 1 aromatic carbocycles. The molecule has 0 fully saturated rings. The molecule has 0 heterocycles. The highest BCUT2D eigenvalue weighted by molar-refractivity contribution is 5.23. The Kier molecular flexibility index (Phi) is 3.14. The zero-order valence-electron chi connectivity index (χ0n) is 7.17. The van der Waals surface area contributed by atoms with Gasteiger partial charge in [-0.1, -0.05) is 30.3 Å². The summed E-state index contributed by atoms with van der Waals surface area (Å²) in [6.45, 7) is 0.974. The number of aliphatic hydroxyl groups is 1. The van der Waals surface area contributed by atoms with E-state index in [0.29, 0.717) is 5.56 Å². The Morgan fingerprint density at radius 1 is 1.23 bits per heavy atom. The third-order valence-corrected chi connectivity index (χ3v) is 1.68. The van der Waals surface area contributed by atoms with E-state index >= 15 is 0 Å². The van der Waals surface area contributed by atoms with Gasteiger partial charge in [0.2, 0.25) is 0 Å². The molecular weight excluding hydrogens is 174 g/mol. The van der Waals surface area contributed by atoms with Gasteiger partial charge in [-0.2, -0.15) is 0 Å². The van der Waals surface area contributed by atoms with Crippen LogP contribution in [0.25, 0.3) is 0 Å². The van der Waals surface area contributed by atoms with Crippen LogP contribution in [0.2, 0.25) is 0 Å². The maximum Gasteiger partial charge on any atom is 0.164 e. The quantitative estimate of drug-likeness (QED) is 0.749. The average molecular weight is 184 g/mol. The molecule has 0 spiro atoms. The minimum atomic E-state index is -1.49. The second-order valence-electron chi connectivity index (χ2n) is 2.69. The molecule has 1 N–H and O–H groups in total. The first-order valence-corrected chi connectivity index (χ1v) is 3.87. The first-order valence-electron chi connectivity index (χ1n) is 3.87. The highest BCUT2D eigenvalue weighted by Crippen LogP contribution is 2.25. The van der Waals surface area contributed by atoms with Gasteiger partial charge in [-0.15, -0.1) is 0 Å². The van der Waals surface area contributed by atoms with Crippen molar-refractivity contribution in [2.45, 2.75) is 13.0 Å². The molecule has 0 aliphatic carbocycles. The number of aliphatic hydroxyl groups excluding tert-OH is 1. The van der Waals surface area contributed by atoms with Gasteiger partial charge >= 0.3 is 0 Å². The summed E-state index contributed by atoms with van der Waals surface area (Å²) in [5.41, 5.74) is 0.344. The second kappa shape index (κ2) is 4.14. The van der Waals surface area contributed by atoms with Gasteiger partial charge in [0.25, 0.3) is 0 Å². The molecule has 0 bridgehead atoms. The minimum Gasteiger partial charge on any atom is -0.381 e. The molecule has 0 saturated carbocycles. The molecule has 3 heteroatoms. The van der Waals surface area contributed by atoms with Gasteiger partial charge in [-0.05, 0) is 12.5 Å². The van der Waals surface area contributed by atoms with E-state index in [1.807, 2.05) is 0 Å². The molecule has 0 amide bonds.